The van der Waals surface area contributed by atoms with Gasteiger partial charge in [-0.2, -0.15) is 5.10 Å². The van der Waals surface area contributed by atoms with Gasteiger partial charge in [0.2, 0.25) is 0 Å². The number of aromatic nitrogens is 2. The average Bonchev–Trinajstić information content (AvgIpc) is 2.83. The predicted molar refractivity (Wildman–Crippen MR) is 72.7 cm³/mol. The third-order valence-electron chi connectivity index (χ3n) is 3.34. The molecule has 2 rings (SSSR count). The Morgan fingerprint density at radius 1 is 1.29 bits per heavy atom. The van der Waals surface area contributed by atoms with Gasteiger partial charge in [-0.1, -0.05) is 6.07 Å². The van der Waals surface area contributed by atoms with Crippen molar-refractivity contribution < 1.29 is 13.2 Å². The zero-order valence-electron chi connectivity index (χ0n) is 11.8. The van der Waals surface area contributed by atoms with Gasteiger partial charge in [0, 0.05) is 24.2 Å². The van der Waals surface area contributed by atoms with Crippen LogP contribution in [-0.2, 0) is 13.0 Å². The minimum atomic E-state index is -1.49. The number of nitrogens with one attached hydrogen (secondary N) is 1. The van der Waals surface area contributed by atoms with E-state index in [1.807, 2.05) is 19.9 Å². The van der Waals surface area contributed by atoms with E-state index in [2.05, 4.69) is 10.5 Å². The summed E-state index contributed by atoms with van der Waals surface area (Å²) in [6.45, 7) is 4.43. The number of aryl methyl sites for hydroxylation is 2. The molecule has 1 atom stereocenters. The molecule has 0 saturated heterocycles. The lowest BCUT2D eigenvalue weighted by atomic mass is 10.0. The van der Waals surface area contributed by atoms with E-state index in [9.17, 15) is 13.2 Å². The topological polar surface area (TPSA) is 55.9 Å². The highest BCUT2D eigenvalue weighted by Crippen LogP contribution is 2.24. The lowest BCUT2D eigenvalue weighted by Gasteiger charge is -2.18. The number of halogens is 3. The molecular weight excluding hydrogens is 281 g/mol. The molecule has 1 aromatic carbocycles. The van der Waals surface area contributed by atoms with Crippen LogP contribution in [0.2, 0.25) is 0 Å². The van der Waals surface area contributed by atoms with Gasteiger partial charge in [0.15, 0.2) is 17.5 Å². The second-order valence-electron chi connectivity index (χ2n) is 4.78. The second kappa shape index (κ2) is 6.28. The summed E-state index contributed by atoms with van der Waals surface area (Å²) in [7, 11) is 0. The minimum absolute atomic E-state index is 0.0158. The molecule has 2 aromatic rings. The van der Waals surface area contributed by atoms with Crippen molar-refractivity contribution in [3.05, 3.63) is 52.6 Å². The number of nitrogens with two attached hydrogens (primary N) is 1. The third-order valence-corrected chi connectivity index (χ3v) is 3.34. The first kappa shape index (κ1) is 15.5. The largest absolute Gasteiger partial charge is 0.271 e. The monoisotopic (exact) mass is 298 g/mol. The Balaban J connectivity index is 2.34. The van der Waals surface area contributed by atoms with Crippen molar-refractivity contribution >= 4 is 0 Å². The number of nitrogens with zero attached hydrogens (tertiary/aromatic N) is 2. The van der Waals surface area contributed by atoms with Gasteiger partial charge in [0.1, 0.15) is 0 Å². The summed E-state index contributed by atoms with van der Waals surface area (Å²) in [5, 5.41) is 4.28. The number of hydrazine groups is 1. The van der Waals surface area contributed by atoms with E-state index in [0.29, 0.717) is 13.0 Å². The van der Waals surface area contributed by atoms with Crippen molar-refractivity contribution in [3.63, 3.8) is 0 Å². The third kappa shape index (κ3) is 3.08. The minimum Gasteiger partial charge on any atom is -0.271 e. The molecular formula is C14H17F3N4. The molecule has 21 heavy (non-hydrogen) atoms. The average molecular weight is 298 g/mol. The lowest BCUT2D eigenvalue weighted by Crippen LogP contribution is -2.31. The Morgan fingerprint density at radius 3 is 2.62 bits per heavy atom. The van der Waals surface area contributed by atoms with E-state index in [1.165, 1.54) is 6.07 Å². The Kier molecular flexibility index (Phi) is 4.64. The van der Waals surface area contributed by atoms with Crippen LogP contribution in [0.15, 0.2) is 18.2 Å². The SMILES string of the molecule is CCn1nc(C)cc1CC(NN)c1ccc(F)c(F)c1F. The zero-order chi connectivity index (χ0) is 15.6. The van der Waals surface area contributed by atoms with Gasteiger partial charge >= 0.3 is 0 Å². The normalized spacial score (nSPS) is 12.7. The van der Waals surface area contributed by atoms with Gasteiger partial charge < -0.3 is 0 Å². The van der Waals surface area contributed by atoms with Crippen molar-refractivity contribution in [1.82, 2.24) is 15.2 Å². The fourth-order valence-corrected chi connectivity index (χ4v) is 2.31. The highest BCUT2D eigenvalue weighted by Gasteiger charge is 2.21. The van der Waals surface area contributed by atoms with Gasteiger partial charge in [-0.05, 0) is 26.0 Å². The van der Waals surface area contributed by atoms with Crippen LogP contribution in [0.1, 0.15) is 29.9 Å². The molecule has 114 valence electrons. The van der Waals surface area contributed by atoms with Gasteiger partial charge in [0.25, 0.3) is 0 Å². The van der Waals surface area contributed by atoms with Crippen LogP contribution in [0.25, 0.3) is 0 Å². The zero-order valence-corrected chi connectivity index (χ0v) is 11.8. The number of rotatable bonds is 5. The van der Waals surface area contributed by atoms with Crippen LogP contribution in [0.3, 0.4) is 0 Å². The standard InChI is InChI=1S/C14H17F3N4/c1-3-21-9(6-8(2)20-21)7-12(19-18)10-4-5-11(15)14(17)13(10)16/h4-6,12,19H,3,7,18H2,1-2H3. The van der Waals surface area contributed by atoms with Crippen molar-refractivity contribution in [2.24, 2.45) is 5.84 Å². The highest BCUT2D eigenvalue weighted by atomic mass is 19.2. The molecule has 0 aliphatic rings. The maximum absolute atomic E-state index is 13.9. The quantitative estimate of drug-likeness (QED) is 0.506. The molecule has 1 heterocycles. The molecule has 0 amide bonds. The lowest BCUT2D eigenvalue weighted by molar-refractivity contribution is 0.422. The molecule has 0 bridgehead atoms. The number of hydrogen-bond donors (Lipinski definition) is 2. The fourth-order valence-electron chi connectivity index (χ4n) is 2.31. The van der Waals surface area contributed by atoms with Crippen LogP contribution in [-0.4, -0.2) is 9.78 Å². The van der Waals surface area contributed by atoms with E-state index in [-0.39, 0.29) is 5.56 Å². The van der Waals surface area contributed by atoms with E-state index in [4.69, 9.17) is 5.84 Å². The summed E-state index contributed by atoms with van der Waals surface area (Å²) in [5.74, 6) is 1.51. The van der Waals surface area contributed by atoms with E-state index < -0.39 is 23.5 Å². The Morgan fingerprint density at radius 2 is 2.00 bits per heavy atom. The molecule has 0 saturated carbocycles. The van der Waals surface area contributed by atoms with Crippen LogP contribution in [0.5, 0.6) is 0 Å². The summed E-state index contributed by atoms with van der Waals surface area (Å²) in [6, 6.07) is 3.26. The molecule has 0 fully saturated rings. The van der Waals surface area contributed by atoms with Crippen molar-refractivity contribution in [2.45, 2.75) is 32.9 Å². The summed E-state index contributed by atoms with van der Waals surface area (Å²) in [5.41, 5.74) is 4.09. The van der Waals surface area contributed by atoms with E-state index in [0.717, 1.165) is 17.5 Å². The van der Waals surface area contributed by atoms with Crippen LogP contribution >= 0.6 is 0 Å². The Bertz CT molecular complexity index is 639. The first-order chi connectivity index (χ1) is 9.97. The highest BCUT2D eigenvalue weighted by molar-refractivity contribution is 5.25. The fraction of sp³-hybridized carbons (Fsp3) is 0.357. The maximum Gasteiger partial charge on any atom is 0.194 e. The van der Waals surface area contributed by atoms with Crippen molar-refractivity contribution in [1.29, 1.82) is 0 Å². The molecule has 1 unspecified atom stereocenters. The number of benzene rings is 1. The molecule has 0 spiro atoms. The van der Waals surface area contributed by atoms with Gasteiger partial charge in [-0.15, -0.1) is 0 Å². The van der Waals surface area contributed by atoms with Crippen molar-refractivity contribution in [2.75, 3.05) is 0 Å². The molecule has 3 N–H and O–H groups in total. The van der Waals surface area contributed by atoms with Gasteiger partial charge in [-0.3, -0.25) is 16.0 Å². The number of hydrogen-bond acceptors (Lipinski definition) is 3. The van der Waals surface area contributed by atoms with Gasteiger partial charge in [0.05, 0.1) is 11.7 Å². The molecule has 0 aliphatic heterocycles. The first-order valence-corrected chi connectivity index (χ1v) is 6.60. The summed E-state index contributed by atoms with van der Waals surface area (Å²) < 4.78 is 42.0. The molecule has 4 nitrogen and oxygen atoms in total. The Hall–Kier alpha value is -1.86. The van der Waals surface area contributed by atoms with Crippen LogP contribution in [0, 0.1) is 24.4 Å². The van der Waals surface area contributed by atoms with Gasteiger partial charge in [-0.25, -0.2) is 13.2 Å². The molecule has 0 radical (unpaired) electrons. The summed E-state index contributed by atoms with van der Waals surface area (Å²) in [6.07, 6.45) is 0.313. The van der Waals surface area contributed by atoms with Crippen molar-refractivity contribution in [3.8, 4) is 0 Å². The maximum atomic E-state index is 13.9. The smallest absolute Gasteiger partial charge is 0.194 e. The molecule has 0 aliphatic carbocycles. The Labute approximate surface area is 120 Å². The van der Waals surface area contributed by atoms with E-state index >= 15 is 0 Å². The van der Waals surface area contributed by atoms with Crippen LogP contribution < -0.4 is 11.3 Å². The first-order valence-electron chi connectivity index (χ1n) is 6.60. The molecule has 7 heteroatoms. The molecule has 1 aromatic heterocycles. The summed E-state index contributed by atoms with van der Waals surface area (Å²) >= 11 is 0. The predicted octanol–water partition coefficient (Wildman–Crippen LogP) is 2.38. The second-order valence-corrected chi connectivity index (χ2v) is 4.78. The van der Waals surface area contributed by atoms with Crippen LogP contribution in [0.4, 0.5) is 13.2 Å². The summed E-state index contributed by atoms with van der Waals surface area (Å²) in [4.78, 5) is 0. The van der Waals surface area contributed by atoms with E-state index in [1.54, 1.807) is 4.68 Å².